The second-order valence-electron chi connectivity index (χ2n) is 5.36. The van der Waals surface area contributed by atoms with Gasteiger partial charge < -0.3 is 10.4 Å². The number of nitrogens with one attached hydrogen (secondary N) is 2. The lowest BCUT2D eigenvalue weighted by Gasteiger charge is -2.06. The molecule has 0 spiro atoms. The Labute approximate surface area is 141 Å². The maximum Gasteiger partial charge on any atom is 0.259 e. The quantitative estimate of drug-likeness (QED) is 0.417. The number of allylic oxidation sites excluding steroid dienone is 1. The molecule has 5 heteroatoms. The van der Waals surface area contributed by atoms with E-state index in [1.54, 1.807) is 12.1 Å². The van der Waals surface area contributed by atoms with Crippen LogP contribution in [0.25, 0.3) is 0 Å². The van der Waals surface area contributed by atoms with Crippen LogP contribution in [0.4, 0.5) is 5.69 Å². The van der Waals surface area contributed by atoms with Crippen molar-refractivity contribution >= 4 is 17.8 Å². The maximum atomic E-state index is 11.8. The van der Waals surface area contributed by atoms with Crippen LogP contribution in [-0.4, -0.2) is 23.8 Å². The Kier molecular flexibility index (Phi) is 6.14. The second-order valence-corrected chi connectivity index (χ2v) is 5.36. The van der Waals surface area contributed by atoms with Crippen molar-refractivity contribution in [3.05, 3.63) is 71.8 Å². The van der Waals surface area contributed by atoms with E-state index >= 15 is 0 Å². The minimum atomic E-state index is -0.269. The summed E-state index contributed by atoms with van der Waals surface area (Å²) in [5.74, 6) is -0.122. The van der Waals surface area contributed by atoms with E-state index in [9.17, 15) is 9.90 Å². The molecular formula is C19H21N3O2. The summed E-state index contributed by atoms with van der Waals surface area (Å²) in [7, 11) is 0. The zero-order valence-electron chi connectivity index (χ0n) is 13.6. The molecule has 24 heavy (non-hydrogen) atoms. The van der Waals surface area contributed by atoms with Gasteiger partial charge in [-0.2, -0.15) is 5.10 Å². The summed E-state index contributed by atoms with van der Waals surface area (Å²) >= 11 is 0. The highest BCUT2D eigenvalue weighted by Crippen LogP contribution is 2.21. The zero-order valence-corrected chi connectivity index (χ0v) is 13.6. The van der Waals surface area contributed by atoms with Crippen LogP contribution in [0.3, 0.4) is 0 Å². The largest absolute Gasteiger partial charge is 0.507 e. The molecule has 0 unspecified atom stereocenters. The molecule has 0 radical (unpaired) electrons. The van der Waals surface area contributed by atoms with Crippen LogP contribution in [0.5, 0.6) is 5.75 Å². The van der Waals surface area contributed by atoms with E-state index in [0.717, 1.165) is 16.8 Å². The van der Waals surface area contributed by atoms with Crippen LogP contribution in [0, 0.1) is 6.92 Å². The predicted octanol–water partition coefficient (Wildman–Crippen LogP) is 2.99. The van der Waals surface area contributed by atoms with Crippen molar-refractivity contribution in [2.24, 2.45) is 5.10 Å². The fourth-order valence-corrected chi connectivity index (χ4v) is 2.19. The molecule has 0 aliphatic carbocycles. The molecule has 0 fully saturated rings. The number of aryl methyl sites for hydroxylation is 1. The number of carbonyl (C=O) groups is 1. The number of phenolic OH excluding ortho intramolecular Hbond substituents is 1. The normalized spacial score (nSPS) is 10.5. The third-order valence-electron chi connectivity index (χ3n) is 3.38. The third-order valence-corrected chi connectivity index (χ3v) is 3.38. The first kappa shape index (κ1) is 17.3. The molecule has 3 N–H and O–H groups in total. The predicted molar refractivity (Wildman–Crippen MR) is 97.4 cm³/mol. The van der Waals surface area contributed by atoms with Gasteiger partial charge in [-0.15, -0.1) is 6.58 Å². The molecule has 2 aromatic rings. The molecule has 0 aliphatic rings. The van der Waals surface area contributed by atoms with Crippen molar-refractivity contribution < 1.29 is 9.90 Å². The van der Waals surface area contributed by atoms with Gasteiger partial charge in [-0.3, -0.25) is 4.79 Å². The highest BCUT2D eigenvalue weighted by Gasteiger charge is 2.04. The number of para-hydroxylation sites is 1. The van der Waals surface area contributed by atoms with Gasteiger partial charge >= 0.3 is 0 Å². The van der Waals surface area contributed by atoms with Gasteiger partial charge in [0.25, 0.3) is 5.91 Å². The molecule has 0 saturated heterocycles. The van der Waals surface area contributed by atoms with Crippen LogP contribution >= 0.6 is 0 Å². The average Bonchev–Trinajstić information content (AvgIpc) is 2.56. The Morgan fingerprint density at radius 2 is 2.08 bits per heavy atom. The van der Waals surface area contributed by atoms with Crippen molar-refractivity contribution in [2.75, 3.05) is 11.9 Å². The first-order chi connectivity index (χ1) is 11.6. The number of nitrogens with zero attached hydrogens (tertiary/aromatic N) is 1. The lowest BCUT2D eigenvalue weighted by atomic mass is 10.1. The molecule has 2 aromatic carbocycles. The van der Waals surface area contributed by atoms with E-state index < -0.39 is 0 Å². The number of anilines is 1. The van der Waals surface area contributed by atoms with Crippen LogP contribution < -0.4 is 10.7 Å². The Bertz CT molecular complexity index is 754. The third kappa shape index (κ3) is 4.98. The van der Waals surface area contributed by atoms with Gasteiger partial charge in [0.05, 0.1) is 12.8 Å². The second kappa shape index (κ2) is 8.53. The van der Waals surface area contributed by atoms with Gasteiger partial charge in [-0.05, 0) is 42.7 Å². The van der Waals surface area contributed by atoms with E-state index in [1.165, 1.54) is 6.21 Å². The van der Waals surface area contributed by atoms with Gasteiger partial charge in [-0.1, -0.05) is 30.3 Å². The Hall–Kier alpha value is -3.08. The number of rotatable bonds is 7. The van der Waals surface area contributed by atoms with E-state index in [2.05, 4.69) is 22.4 Å². The molecule has 124 valence electrons. The smallest absolute Gasteiger partial charge is 0.259 e. The monoisotopic (exact) mass is 323 g/mol. The number of amides is 1. The molecular weight excluding hydrogens is 302 g/mol. The first-order valence-corrected chi connectivity index (χ1v) is 7.64. The Morgan fingerprint density at radius 1 is 1.29 bits per heavy atom. The average molecular weight is 323 g/mol. The maximum absolute atomic E-state index is 11.8. The molecule has 1 amide bonds. The molecule has 0 aromatic heterocycles. The lowest BCUT2D eigenvalue weighted by Crippen LogP contribution is -2.25. The van der Waals surface area contributed by atoms with Gasteiger partial charge in [0.15, 0.2) is 0 Å². The highest BCUT2D eigenvalue weighted by molar-refractivity contribution is 5.86. The molecule has 0 bridgehead atoms. The number of hydrogen-bond donors (Lipinski definition) is 3. The number of carbonyl (C=O) groups excluding carboxylic acids is 1. The summed E-state index contributed by atoms with van der Waals surface area (Å²) in [6.45, 7) is 5.76. The first-order valence-electron chi connectivity index (χ1n) is 7.64. The fraction of sp³-hybridized carbons (Fsp3) is 0.158. The Morgan fingerprint density at radius 3 is 2.83 bits per heavy atom. The van der Waals surface area contributed by atoms with Crippen LogP contribution in [0.1, 0.15) is 16.7 Å². The van der Waals surface area contributed by atoms with E-state index in [4.69, 9.17) is 0 Å². The Balaban J connectivity index is 1.88. The summed E-state index contributed by atoms with van der Waals surface area (Å²) in [4.78, 5) is 11.8. The van der Waals surface area contributed by atoms with Gasteiger partial charge in [-0.25, -0.2) is 5.43 Å². The molecule has 5 nitrogen and oxygen atoms in total. The van der Waals surface area contributed by atoms with E-state index in [1.807, 2.05) is 43.3 Å². The summed E-state index contributed by atoms with van der Waals surface area (Å²) in [5, 5.41) is 17.0. The zero-order chi connectivity index (χ0) is 17.4. The van der Waals surface area contributed by atoms with Gasteiger partial charge in [0.2, 0.25) is 0 Å². The molecule has 0 saturated carbocycles. The lowest BCUT2D eigenvalue weighted by molar-refractivity contribution is -0.119. The SMILES string of the molecule is C=CCc1cccc(/C=N/NC(=O)CNc2cccc(C)c2)c1O. The van der Waals surface area contributed by atoms with Crippen molar-refractivity contribution in [2.45, 2.75) is 13.3 Å². The van der Waals surface area contributed by atoms with Crippen molar-refractivity contribution in [3.8, 4) is 5.75 Å². The van der Waals surface area contributed by atoms with Crippen molar-refractivity contribution in [1.29, 1.82) is 0 Å². The number of hydrogen-bond acceptors (Lipinski definition) is 4. The van der Waals surface area contributed by atoms with E-state index in [-0.39, 0.29) is 18.2 Å². The van der Waals surface area contributed by atoms with Crippen molar-refractivity contribution in [3.63, 3.8) is 0 Å². The number of phenols is 1. The fourth-order valence-electron chi connectivity index (χ4n) is 2.19. The van der Waals surface area contributed by atoms with Gasteiger partial charge in [0.1, 0.15) is 5.75 Å². The van der Waals surface area contributed by atoms with Crippen LogP contribution in [-0.2, 0) is 11.2 Å². The molecule has 2 rings (SSSR count). The number of benzene rings is 2. The summed E-state index contributed by atoms with van der Waals surface area (Å²) in [6.07, 6.45) is 3.71. The topological polar surface area (TPSA) is 73.7 Å². The minimum absolute atomic E-state index is 0.114. The van der Waals surface area contributed by atoms with E-state index in [0.29, 0.717) is 12.0 Å². The number of hydrazone groups is 1. The molecule has 0 aliphatic heterocycles. The minimum Gasteiger partial charge on any atom is -0.507 e. The van der Waals surface area contributed by atoms with Crippen LogP contribution in [0.15, 0.2) is 60.2 Å². The summed E-state index contributed by atoms with van der Waals surface area (Å²) in [6, 6.07) is 13.1. The highest BCUT2D eigenvalue weighted by atomic mass is 16.3. The van der Waals surface area contributed by atoms with Crippen LogP contribution in [0.2, 0.25) is 0 Å². The van der Waals surface area contributed by atoms with Crippen molar-refractivity contribution in [1.82, 2.24) is 5.43 Å². The standard InChI is InChI=1S/C19H21N3O2/c1-3-6-15-8-5-9-16(19(15)24)12-21-22-18(23)13-20-17-10-4-7-14(2)11-17/h3-5,7-12,20,24H,1,6,13H2,2H3,(H,22,23)/b21-12+. The van der Waals surface area contributed by atoms with Gasteiger partial charge in [0, 0.05) is 11.3 Å². The molecule has 0 heterocycles. The summed E-state index contributed by atoms with van der Waals surface area (Å²) in [5.41, 5.74) is 5.74. The molecule has 0 atom stereocenters. The number of aromatic hydroxyl groups is 1. The summed E-state index contributed by atoms with van der Waals surface area (Å²) < 4.78 is 0.